The summed E-state index contributed by atoms with van der Waals surface area (Å²) in [6.07, 6.45) is 0. The van der Waals surface area contributed by atoms with Gasteiger partial charge >= 0.3 is 0 Å². The third kappa shape index (κ3) is 6.41. The van der Waals surface area contributed by atoms with Crippen LogP contribution in [-0.4, -0.2) is 5.11 Å². The molecule has 0 saturated carbocycles. The first-order valence-corrected chi connectivity index (χ1v) is 7.06. The first-order valence-electron chi connectivity index (χ1n) is 7.06. The Bertz CT molecular complexity index is 613. The zero-order chi connectivity index (χ0) is 16.3. The number of benzene rings is 3. The maximum atomic E-state index is 8.70. The maximum Gasteiger partial charge on any atom is 0.115 e. The number of nitrogen functional groups attached to an aromatic ring is 1. The van der Waals surface area contributed by atoms with Crippen LogP contribution in [0.2, 0.25) is 0 Å². The second-order valence-corrected chi connectivity index (χ2v) is 4.63. The van der Waals surface area contributed by atoms with E-state index in [1.807, 2.05) is 60.7 Å². The van der Waals surface area contributed by atoms with Gasteiger partial charge < -0.3 is 10.8 Å². The molecule has 0 unspecified atom stereocenters. The van der Waals surface area contributed by atoms with Crippen molar-refractivity contribution in [2.24, 2.45) is 0 Å². The Morgan fingerprint density at radius 1 is 0.652 bits per heavy atom. The van der Waals surface area contributed by atoms with E-state index < -0.39 is 0 Å². The Labute approximate surface area is 135 Å². The first-order chi connectivity index (χ1) is 11.2. The molecule has 0 fully saturated rings. The molecule has 5 N–H and O–H groups in total. The van der Waals surface area contributed by atoms with Crippen LogP contribution in [0, 0.1) is 0 Å². The number of nitrogens with two attached hydrogens (primary N) is 1. The zero-order valence-corrected chi connectivity index (χ0v) is 12.5. The minimum absolute atomic E-state index is 0.249. The Morgan fingerprint density at radius 2 is 1.09 bits per heavy atom. The highest BCUT2D eigenvalue weighted by molar-refractivity contribution is 5.43. The monoisotopic (exact) mass is 309 g/mol. The van der Waals surface area contributed by atoms with E-state index in [1.165, 1.54) is 0 Å². The Hall–Kier alpha value is -3.18. The second-order valence-electron chi connectivity index (χ2n) is 4.63. The van der Waals surface area contributed by atoms with Crippen molar-refractivity contribution in [3.8, 4) is 5.75 Å². The Kier molecular flexibility index (Phi) is 6.31. The summed E-state index contributed by atoms with van der Waals surface area (Å²) >= 11 is 0. The van der Waals surface area contributed by atoms with Gasteiger partial charge in [0.15, 0.2) is 0 Å². The van der Waals surface area contributed by atoms with Crippen molar-refractivity contribution in [2.45, 2.75) is 0 Å². The molecule has 5 heteroatoms. The number of aromatic hydroxyl groups is 1. The molecule has 0 aliphatic heterocycles. The van der Waals surface area contributed by atoms with E-state index >= 15 is 0 Å². The Balaban J connectivity index is 0.000000203. The van der Waals surface area contributed by atoms with Gasteiger partial charge in [-0.25, -0.2) is 11.0 Å². The van der Waals surface area contributed by atoms with Crippen LogP contribution in [0.3, 0.4) is 0 Å². The van der Waals surface area contributed by atoms with E-state index in [1.54, 1.807) is 24.3 Å². The van der Waals surface area contributed by atoms with E-state index in [4.69, 9.17) is 15.8 Å². The summed E-state index contributed by atoms with van der Waals surface area (Å²) in [6.45, 7) is 0. The lowest BCUT2D eigenvalue weighted by atomic mass is 10.3. The normalized spacial score (nSPS) is 9.39. The van der Waals surface area contributed by atoms with Gasteiger partial charge in [0.2, 0.25) is 0 Å². The number of phenols is 1. The van der Waals surface area contributed by atoms with Crippen LogP contribution in [0.4, 0.5) is 17.1 Å². The molecule has 3 aromatic carbocycles. The van der Waals surface area contributed by atoms with E-state index in [9.17, 15) is 0 Å². The van der Waals surface area contributed by atoms with Crippen LogP contribution < -0.4 is 16.7 Å². The van der Waals surface area contributed by atoms with E-state index in [2.05, 4.69) is 11.0 Å². The molecule has 0 amide bonds. The van der Waals surface area contributed by atoms with Gasteiger partial charge in [0.05, 0.1) is 11.4 Å². The van der Waals surface area contributed by atoms with E-state index in [0.717, 1.165) is 11.4 Å². The highest BCUT2D eigenvalue weighted by Gasteiger charge is 1.90. The van der Waals surface area contributed by atoms with Crippen molar-refractivity contribution in [1.82, 2.24) is 0 Å². The number of rotatable bonds is 4. The van der Waals surface area contributed by atoms with E-state index in [-0.39, 0.29) is 5.75 Å². The summed E-state index contributed by atoms with van der Waals surface area (Å²) in [5.41, 5.74) is 13.4. The predicted octanol–water partition coefficient (Wildman–Crippen LogP) is 4.03. The van der Waals surface area contributed by atoms with Crippen LogP contribution >= 0.6 is 0 Å². The Morgan fingerprint density at radius 3 is 1.48 bits per heavy atom. The molecule has 118 valence electrons. The summed E-state index contributed by atoms with van der Waals surface area (Å²) in [5, 5.41) is 8.70. The molecule has 3 aromatic rings. The minimum atomic E-state index is 0.249. The number of hydrogen-bond acceptors (Lipinski definition) is 5. The second kappa shape index (κ2) is 8.96. The highest BCUT2D eigenvalue weighted by atomic mass is 16.8. The molecule has 0 radical (unpaired) electrons. The highest BCUT2D eigenvalue weighted by Crippen LogP contribution is 2.09. The fourth-order valence-electron chi connectivity index (χ4n) is 1.63. The van der Waals surface area contributed by atoms with Crippen LogP contribution in [0.15, 0.2) is 84.9 Å². The molecule has 0 spiro atoms. The standard InChI is InChI=1S/C12H12N2O.C6H7NO/c1-3-7-11(8-4-1)13-15-14-12-9-5-2-6-10-12;7-5-1-3-6(8)4-2-5/h1-10,13-14H;1-4,8H,7H2. The summed E-state index contributed by atoms with van der Waals surface area (Å²) in [5.74, 6) is 0.249. The number of anilines is 3. The van der Waals surface area contributed by atoms with Gasteiger partial charge in [-0.15, -0.1) is 0 Å². The molecule has 3 rings (SSSR count). The zero-order valence-electron chi connectivity index (χ0n) is 12.5. The molecule has 0 saturated heterocycles. The molecule has 0 bridgehead atoms. The number of nitrogens with one attached hydrogen (secondary N) is 2. The van der Waals surface area contributed by atoms with Crippen molar-refractivity contribution >= 4 is 17.1 Å². The topological polar surface area (TPSA) is 79.5 Å². The molecule has 0 heterocycles. The lowest BCUT2D eigenvalue weighted by Crippen LogP contribution is -2.07. The van der Waals surface area contributed by atoms with Crippen molar-refractivity contribution in [2.75, 3.05) is 16.7 Å². The summed E-state index contributed by atoms with van der Waals surface area (Å²) in [7, 11) is 0. The lowest BCUT2D eigenvalue weighted by molar-refractivity contribution is 0.264. The van der Waals surface area contributed by atoms with Gasteiger partial charge in [-0.05, 0) is 48.5 Å². The molecule has 0 aliphatic rings. The summed E-state index contributed by atoms with van der Waals surface area (Å²) in [4.78, 5) is 5.11. The number of hydrogen-bond donors (Lipinski definition) is 4. The molecule has 5 nitrogen and oxygen atoms in total. The van der Waals surface area contributed by atoms with Gasteiger partial charge in [0, 0.05) is 5.69 Å². The van der Waals surface area contributed by atoms with Gasteiger partial charge in [0.1, 0.15) is 5.75 Å². The van der Waals surface area contributed by atoms with Gasteiger partial charge in [-0.1, -0.05) is 36.4 Å². The molecular weight excluding hydrogens is 290 g/mol. The fraction of sp³-hybridized carbons (Fsp3) is 0. The average Bonchev–Trinajstić information content (AvgIpc) is 2.60. The van der Waals surface area contributed by atoms with Crippen LogP contribution in [-0.2, 0) is 4.94 Å². The van der Waals surface area contributed by atoms with Gasteiger partial charge in [-0.2, -0.15) is 4.94 Å². The van der Waals surface area contributed by atoms with Crippen LogP contribution in [0.1, 0.15) is 0 Å². The minimum Gasteiger partial charge on any atom is -0.508 e. The molecule has 23 heavy (non-hydrogen) atoms. The van der Waals surface area contributed by atoms with E-state index in [0.29, 0.717) is 5.69 Å². The molecule has 0 aliphatic carbocycles. The van der Waals surface area contributed by atoms with Gasteiger partial charge in [-0.3, -0.25) is 0 Å². The SMILES string of the molecule is Nc1ccc(O)cc1.c1ccc(NONc2ccccc2)cc1. The van der Waals surface area contributed by atoms with Crippen LogP contribution in [0.25, 0.3) is 0 Å². The third-order valence-corrected chi connectivity index (χ3v) is 2.78. The molecular formula is C18H19N3O2. The number of phenolic OH excluding ortho intramolecular Hbond substituents is 1. The maximum absolute atomic E-state index is 8.70. The van der Waals surface area contributed by atoms with Crippen molar-refractivity contribution in [3.63, 3.8) is 0 Å². The summed E-state index contributed by atoms with van der Waals surface area (Å²) < 4.78 is 0. The van der Waals surface area contributed by atoms with Crippen molar-refractivity contribution in [1.29, 1.82) is 0 Å². The van der Waals surface area contributed by atoms with Crippen molar-refractivity contribution in [3.05, 3.63) is 84.9 Å². The lowest BCUT2D eigenvalue weighted by Gasteiger charge is -2.07. The summed E-state index contributed by atoms with van der Waals surface area (Å²) in [6, 6.07) is 25.8. The van der Waals surface area contributed by atoms with Gasteiger partial charge in [0.25, 0.3) is 0 Å². The van der Waals surface area contributed by atoms with Crippen LogP contribution in [0.5, 0.6) is 5.75 Å². The number of para-hydroxylation sites is 2. The largest absolute Gasteiger partial charge is 0.508 e. The molecule has 0 aromatic heterocycles. The molecule has 0 atom stereocenters. The smallest absolute Gasteiger partial charge is 0.115 e. The van der Waals surface area contributed by atoms with Crippen molar-refractivity contribution < 1.29 is 10.0 Å². The third-order valence-electron chi connectivity index (χ3n) is 2.78. The predicted molar refractivity (Wildman–Crippen MR) is 93.7 cm³/mol. The average molecular weight is 309 g/mol. The quantitative estimate of drug-likeness (QED) is 0.332. The fourth-order valence-corrected chi connectivity index (χ4v) is 1.63. The first kappa shape index (κ1) is 16.2.